The molecule has 1 fully saturated rings. The molecule has 0 aromatic rings. The molecular weight excluding hydrogens is 204 g/mol. The van der Waals surface area contributed by atoms with Crippen LogP contribution in [0.1, 0.15) is 80.6 Å². The second-order valence-electron chi connectivity index (χ2n) is 8.41. The summed E-state index contributed by atoms with van der Waals surface area (Å²) in [6.07, 6.45) is 7.18. The van der Waals surface area contributed by atoms with E-state index in [1.165, 1.54) is 32.1 Å². The van der Waals surface area contributed by atoms with E-state index in [2.05, 4.69) is 48.5 Å². The second kappa shape index (κ2) is 5.33. The first-order valence-electron chi connectivity index (χ1n) is 7.66. The topological polar surface area (TPSA) is 0 Å². The van der Waals surface area contributed by atoms with E-state index in [-0.39, 0.29) is 0 Å². The van der Waals surface area contributed by atoms with Crippen molar-refractivity contribution in [2.24, 2.45) is 28.6 Å². The van der Waals surface area contributed by atoms with Crippen molar-refractivity contribution >= 4 is 0 Å². The Kier molecular flexibility index (Phi) is 4.72. The second-order valence-corrected chi connectivity index (χ2v) is 8.41. The summed E-state index contributed by atoms with van der Waals surface area (Å²) in [4.78, 5) is 0. The quantitative estimate of drug-likeness (QED) is 0.573. The Bertz CT molecular complexity index is 225. The zero-order chi connectivity index (χ0) is 13.3. The molecule has 3 atom stereocenters. The summed E-state index contributed by atoms with van der Waals surface area (Å²) in [7, 11) is 0. The van der Waals surface area contributed by atoms with Gasteiger partial charge in [0, 0.05) is 0 Å². The van der Waals surface area contributed by atoms with Crippen LogP contribution in [0.3, 0.4) is 0 Å². The average molecular weight is 238 g/mol. The molecule has 0 nitrogen and oxygen atoms in total. The van der Waals surface area contributed by atoms with E-state index < -0.39 is 0 Å². The summed E-state index contributed by atoms with van der Waals surface area (Å²) in [5.41, 5.74) is 1.00. The lowest BCUT2D eigenvalue weighted by Gasteiger charge is -2.33. The highest BCUT2D eigenvalue weighted by atomic mass is 14.5. The third-order valence-corrected chi connectivity index (χ3v) is 4.96. The standard InChI is InChI=1S/C17H34/c1-8-9-10-13-11-14(16(2,3)4)12-15(13)17(5,6)7/h13-15H,8-12H2,1-7H3/t13-,14+,15?/m0/s1. The zero-order valence-electron chi connectivity index (χ0n) is 13.3. The highest BCUT2D eigenvalue weighted by Gasteiger charge is 2.43. The third-order valence-electron chi connectivity index (χ3n) is 4.96. The molecule has 17 heavy (non-hydrogen) atoms. The van der Waals surface area contributed by atoms with Crippen LogP contribution in [0.15, 0.2) is 0 Å². The minimum Gasteiger partial charge on any atom is -0.0654 e. The van der Waals surface area contributed by atoms with E-state index in [4.69, 9.17) is 0 Å². The summed E-state index contributed by atoms with van der Waals surface area (Å²) < 4.78 is 0. The molecule has 1 aliphatic carbocycles. The van der Waals surface area contributed by atoms with Crippen molar-refractivity contribution < 1.29 is 0 Å². The van der Waals surface area contributed by atoms with E-state index in [9.17, 15) is 0 Å². The molecule has 0 spiro atoms. The van der Waals surface area contributed by atoms with Gasteiger partial charge in [0.1, 0.15) is 0 Å². The molecule has 0 saturated heterocycles. The van der Waals surface area contributed by atoms with Gasteiger partial charge in [-0.2, -0.15) is 0 Å². The van der Waals surface area contributed by atoms with Gasteiger partial charge in [0.25, 0.3) is 0 Å². The van der Waals surface area contributed by atoms with Crippen molar-refractivity contribution in [2.75, 3.05) is 0 Å². The lowest BCUT2D eigenvalue weighted by atomic mass is 9.73. The first-order valence-corrected chi connectivity index (χ1v) is 7.66. The molecule has 1 aliphatic rings. The van der Waals surface area contributed by atoms with E-state index in [1.54, 1.807) is 0 Å². The van der Waals surface area contributed by atoms with Crippen LogP contribution >= 0.6 is 0 Å². The fourth-order valence-corrected chi connectivity index (χ4v) is 3.68. The van der Waals surface area contributed by atoms with E-state index in [0.717, 1.165) is 17.8 Å². The van der Waals surface area contributed by atoms with Crippen LogP contribution in [0.25, 0.3) is 0 Å². The Morgan fingerprint density at radius 2 is 1.47 bits per heavy atom. The van der Waals surface area contributed by atoms with Gasteiger partial charge in [-0.3, -0.25) is 0 Å². The molecule has 1 unspecified atom stereocenters. The van der Waals surface area contributed by atoms with Crippen LogP contribution in [0.5, 0.6) is 0 Å². The lowest BCUT2D eigenvalue weighted by Crippen LogP contribution is -2.24. The van der Waals surface area contributed by atoms with Gasteiger partial charge in [0.2, 0.25) is 0 Å². The SMILES string of the molecule is CCCC[C@H]1C[C@@H](C(C)(C)C)CC1C(C)(C)C. The fourth-order valence-electron chi connectivity index (χ4n) is 3.68. The van der Waals surface area contributed by atoms with Gasteiger partial charge < -0.3 is 0 Å². The minimum atomic E-state index is 0.498. The van der Waals surface area contributed by atoms with Gasteiger partial charge >= 0.3 is 0 Å². The molecule has 0 heterocycles. The smallest absolute Gasteiger partial charge is 0.0334 e. The van der Waals surface area contributed by atoms with Gasteiger partial charge in [-0.1, -0.05) is 67.7 Å². The van der Waals surface area contributed by atoms with Gasteiger partial charge in [-0.15, -0.1) is 0 Å². The van der Waals surface area contributed by atoms with Crippen molar-refractivity contribution in [3.63, 3.8) is 0 Å². The van der Waals surface area contributed by atoms with E-state index >= 15 is 0 Å². The summed E-state index contributed by atoms with van der Waals surface area (Å²) in [5, 5.41) is 0. The van der Waals surface area contributed by atoms with Crippen molar-refractivity contribution in [1.82, 2.24) is 0 Å². The van der Waals surface area contributed by atoms with Gasteiger partial charge in [-0.05, 0) is 41.4 Å². The highest BCUT2D eigenvalue weighted by Crippen LogP contribution is 2.52. The number of unbranched alkanes of at least 4 members (excludes halogenated alkanes) is 1. The lowest BCUT2D eigenvalue weighted by molar-refractivity contribution is 0.169. The number of hydrogen-bond donors (Lipinski definition) is 0. The first-order chi connectivity index (χ1) is 7.66. The molecule has 0 amide bonds. The largest absolute Gasteiger partial charge is 0.0654 e. The van der Waals surface area contributed by atoms with Crippen molar-refractivity contribution in [3.8, 4) is 0 Å². The van der Waals surface area contributed by atoms with Crippen LogP contribution in [0.2, 0.25) is 0 Å². The van der Waals surface area contributed by atoms with E-state index in [1.807, 2.05) is 0 Å². The van der Waals surface area contributed by atoms with Crippen molar-refractivity contribution in [3.05, 3.63) is 0 Å². The first kappa shape index (κ1) is 15.1. The molecule has 0 heteroatoms. The minimum absolute atomic E-state index is 0.498. The monoisotopic (exact) mass is 238 g/mol. The van der Waals surface area contributed by atoms with Crippen LogP contribution in [-0.2, 0) is 0 Å². The molecule has 1 rings (SSSR count). The summed E-state index contributed by atoms with van der Waals surface area (Å²) in [5.74, 6) is 2.87. The predicted octanol–water partition coefficient (Wildman–Crippen LogP) is 5.91. The van der Waals surface area contributed by atoms with Gasteiger partial charge in [0.15, 0.2) is 0 Å². The molecule has 1 saturated carbocycles. The summed E-state index contributed by atoms with van der Waals surface area (Å²) in [6, 6.07) is 0. The summed E-state index contributed by atoms with van der Waals surface area (Å²) >= 11 is 0. The third kappa shape index (κ3) is 4.00. The van der Waals surface area contributed by atoms with Crippen LogP contribution in [0.4, 0.5) is 0 Å². The maximum Gasteiger partial charge on any atom is -0.0334 e. The Balaban J connectivity index is 2.72. The predicted molar refractivity (Wildman–Crippen MR) is 78.1 cm³/mol. The number of rotatable bonds is 3. The Labute approximate surface area is 110 Å². The van der Waals surface area contributed by atoms with Crippen molar-refractivity contribution in [2.45, 2.75) is 80.6 Å². The Morgan fingerprint density at radius 1 is 0.882 bits per heavy atom. The zero-order valence-corrected chi connectivity index (χ0v) is 13.3. The molecule has 0 aromatic heterocycles. The van der Waals surface area contributed by atoms with Crippen molar-refractivity contribution in [1.29, 1.82) is 0 Å². The summed E-state index contributed by atoms with van der Waals surface area (Å²) in [6.45, 7) is 17.0. The maximum atomic E-state index is 2.45. The van der Waals surface area contributed by atoms with Crippen LogP contribution in [0, 0.1) is 28.6 Å². The molecule has 102 valence electrons. The molecule has 0 aromatic carbocycles. The van der Waals surface area contributed by atoms with Gasteiger partial charge in [0.05, 0.1) is 0 Å². The molecule has 0 aliphatic heterocycles. The Hall–Kier alpha value is 0. The molecular formula is C17H34. The number of hydrogen-bond acceptors (Lipinski definition) is 0. The van der Waals surface area contributed by atoms with Crippen LogP contribution in [-0.4, -0.2) is 0 Å². The van der Waals surface area contributed by atoms with Gasteiger partial charge in [-0.25, -0.2) is 0 Å². The molecule has 0 N–H and O–H groups in total. The molecule has 0 radical (unpaired) electrons. The average Bonchev–Trinajstić information content (AvgIpc) is 2.56. The fraction of sp³-hybridized carbons (Fsp3) is 1.00. The maximum absolute atomic E-state index is 2.45. The highest BCUT2D eigenvalue weighted by molar-refractivity contribution is 4.93. The van der Waals surface area contributed by atoms with Crippen LogP contribution < -0.4 is 0 Å². The molecule has 0 bridgehead atoms. The Morgan fingerprint density at radius 3 is 1.88 bits per heavy atom. The van der Waals surface area contributed by atoms with E-state index in [0.29, 0.717) is 10.8 Å². The normalized spacial score (nSPS) is 30.9.